The Hall–Kier alpha value is -3.24. The minimum Gasteiger partial charge on any atom is -0.467 e. The van der Waals surface area contributed by atoms with E-state index in [1.807, 2.05) is 0 Å². The number of aromatic nitrogens is 5. The predicted octanol–water partition coefficient (Wildman–Crippen LogP) is 3.11. The normalized spacial score (nSPS) is 11.8. The highest BCUT2D eigenvalue weighted by atomic mass is 19.4. The Balaban J connectivity index is 1.78. The Morgan fingerprint density at radius 3 is 2.72 bits per heavy atom. The number of hydrogen-bond donors (Lipinski definition) is 1. The number of fused-ring (bicyclic) bond motifs is 1. The lowest BCUT2D eigenvalue weighted by Gasteiger charge is -2.10. The minimum atomic E-state index is -4.45. The van der Waals surface area contributed by atoms with Gasteiger partial charge in [-0.2, -0.15) is 18.3 Å². The molecule has 3 aromatic heterocycles. The van der Waals surface area contributed by atoms with E-state index in [0.717, 1.165) is 0 Å². The average molecular weight is 408 g/mol. The van der Waals surface area contributed by atoms with Gasteiger partial charge in [-0.15, -0.1) is 0 Å². The van der Waals surface area contributed by atoms with Crippen LogP contribution in [0.4, 0.5) is 19.0 Å². The van der Waals surface area contributed by atoms with Gasteiger partial charge in [0.15, 0.2) is 6.61 Å². The lowest BCUT2D eigenvalue weighted by atomic mass is 10.2. The van der Waals surface area contributed by atoms with E-state index in [2.05, 4.69) is 30.1 Å². The molecule has 1 N–H and O–H groups in total. The summed E-state index contributed by atoms with van der Waals surface area (Å²) in [6, 6.07) is 1.71. The van der Waals surface area contributed by atoms with Crippen LogP contribution in [0.15, 0.2) is 24.7 Å². The summed E-state index contributed by atoms with van der Waals surface area (Å²) in [6.45, 7) is 3.89. The van der Waals surface area contributed by atoms with Gasteiger partial charge in [-0.05, 0) is 13.0 Å². The molecule has 0 aliphatic carbocycles. The van der Waals surface area contributed by atoms with E-state index in [0.29, 0.717) is 22.4 Å². The molecule has 0 radical (unpaired) electrons. The van der Waals surface area contributed by atoms with Crippen LogP contribution in [0.1, 0.15) is 25.2 Å². The zero-order valence-corrected chi connectivity index (χ0v) is 16.0. The van der Waals surface area contributed by atoms with Crippen LogP contribution in [-0.2, 0) is 11.3 Å². The monoisotopic (exact) mass is 408 g/mol. The molecule has 0 saturated carbocycles. The SMILES string of the molecule is Cc1nc(Cn2cc3c(NC(=O)C(C)C)nccc3n2)cnc1OCC(F)(F)F. The van der Waals surface area contributed by atoms with Crippen molar-refractivity contribution in [3.05, 3.63) is 36.0 Å². The predicted molar refractivity (Wildman–Crippen MR) is 98.4 cm³/mol. The summed E-state index contributed by atoms with van der Waals surface area (Å²) in [4.78, 5) is 24.3. The van der Waals surface area contributed by atoms with Crippen LogP contribution in [0.2, 0.25) is 0 Å². The van der Waals surface area contributed by atoms with E-state index in [1.165, 1.54) is 13.1 Å². The van der Waals surface area contributed by atoms with Crippen molar-refractivity contribution < 1.29 is 22.7 Å². The van der Waals surface area contributed by atoms with Crippen LogP contribution < -0.4 is 10.1 Å². The van der Waals surface area contributed by atoms with Gasteiger partial charge in [0.05, 0.1) is 35.0 Å². The molecule has 0 unspecified atom stereocenters. The van der Waals surface area contributed by atoms with E-state index in [1.54, 1.807) is 37.0 Å². The second-order valence-corrected chi connectivity index (χ2v) is 6.72. The van der Waals surface area contributed by atoms with Gasteiger partial charge in [-0.1, -0.05) is 13.8 Å². The molecule has 0 atom stereocenters. The van der Waals surface area contributed by atoms with Gasteiger partial charge in [-0.25, -0.2) is 15.0 Å². The second kappa shape index (κ2) is 8.02. The Morgan fingerprint density at radius 1 is 1.31 bits per heavy atom. The lowest BCUT2D eigenvalue weighted by Crippen LogP contribution is -2.20. The van der Waals surface area contributed by atoms with Gasteiger partial charge < -0.3 is 10.1 Å². The first-order valence-electron chi connectivity index (χ1n) is 8.77. The van der Waals surface area contributed by atoms with Crippen molar-refractivity contribution >= 4 is 22.6 Å². The molecular weight excluding hydrogens is 389 g/mol. The molecule has 3 aromatic rings. The number of hydrogen-bond acceptors (Lipinski definition) is 6. The van der Waals surface area contributed by atoms with E-state index in [9.17, 15) is 18.0 Å². The van der Waals surface area contributed by atoms with Gasteiger partial charge in [0.25, 0.3) is 0 Å². The number of aryl methyl sites for hydroxylation is 1. The molecule has 0 spiro atoms. The maximum absolute atomic E-state index is 12.3. The topological polar surface area (TPSA) is 94.8 Å². The molecular formula is C18H19F3N6O2. The molecule has 0 aliphatic heterocycles. The summed E-state index contributed by atoms with van der Waals surface area (Å²) < 4.78 is 43.1. The first-order valence-corrected chi connectivity index (χ1v) is 8.77. The van der Waals surface area contributed by atoms with Crippen LogP contribution >= 0.6 is 0 Å². The molecule has 0 saturated heterocycles. The number of nitrogens with one attached hydrogen (secondary N) is 1. The number of alkyl halides is 3. The Morgan fingerprint density at radius 2 is 2.07 bits per heavy atom. The van der Waals surface area contributed by atoms with Gasteiger partial charge in [0.2, 0.25) is 11.8 Å². The zero-order valence-electron chi connectivity index (χ0n) is 16.0. The van der Waals surface area contributed by atoms with Crippen molar-refractivity contribution in [2.75, 3.05) is 11.9 Å². The Kier molecular flexibility index (Phi) is 5.66. The van der Waals surface area contributed by atoms with Crippen molar-refractivity contribution in [2.45, 2.75) is 33.5 Å². The highest BCUT2D eigenvalue weighted by molar-refractivity contribution is 5.99. The second-order valence-electron chi connectivity index (χ2n) is 6.72. The van der Waals surface area contributed by atoms with E-state index in [-0.39, 0.29) is 29.9 Å². The third-order valence-corrected chi connectivity index (χ3v) is 3.90. The standard InChI is InChI=1S/C18H19F3N6O2/c1-10(2)16(28)25-15-13-8-27(26-14(13)4-5-22-15)7-12-6-23-17(11(3)24-12)29-9-18(19,20)21/h4-6,8,10H,7,9H2,1-3H3,(H,22,25,28). The van der Waals surface area contributed by atoms with Gasteiger partial charge in [0, 0.05) is 18.3 Å². The Bertz CT molecular complexity index is 1030. The number of nitrogens with zero attached hydrogens (tertiary/aromatic N) is 5. The number of carbonyl (C=O) groups is 1. The number of ether oxygens (including phenoxy) is 1. The van der Waals surface area contributed by atoms with Crippen molar-refractivity contribution in [3.8, 4) is 5.88 Å². The highest BCUT2D eigenvalue weighted by Crippen LogP contribution is 2.22. The number of amides is 1. The fraction of sp³-hybridized carbons (Fsp3) is 0.389. The molecule has 0 aliphatic rings. The quantitative estimate of drug-likeness (QED) is 0.674. The smallest absolute Gasteiger partial charge is 0.422 e. The summed E-state index contributed by atoms with van der Waals surface area (Å²) in [5.74, 6) is -0.114. The number of halogens is 3. The van der Waals surface area contributed by atoms with Crippen molar-refractivity contribution in [1.29, 1.82) is 0 Å². The van der Waals surface area contributed by atoms with Crippen LogP contribution in [-0.4, -0.2) is 43.4 Å². The van der Waals surface area contributed by atoms with Crippen molar-refractivity contribution in [2.24, 2.45) is 5.92 Å². The van der Waals surface area contributed by atoms with Crippen LogP contribution in [0.5, 0.6) is 5.88 Å². The fourth-order valence-electron chi connectivity index (χ4n) is 2.49. The molecule has 0 fully saturated rings. The van der Waals surface area contributed by atoms with Gasteiger partial charge >= 0.3 is 6.18 Å². The molecule has 3 heterocycles. The molecule has 11 heteroatoms. The summed E-state index contributed by atoms with van der Waals surface area (Å²) in [5, 5.41) is 7.85. The van der Waals surface area contributed by atoms with Crippen LogP contribution in [0, 0.1) is 12.8 Å². The molecule has 0 aromatic carbocycles. The maximum atomic E-state index is 12.3. The van der Waals surface area contributed by atoms with Crippen LogP contribution in [0.25, 0.3) is 10.9 Å². The third kappa shape index (κ3) is 5.18. The summed E-state index contributed by atoms with van der Waals surface area (Å²) in [7, 11) is 0. The van der Waals surface area contributed by atoms with Gasteiger partial charge in [-0.3, -0.25) is 9.48 Å². The third-order valence-electron chi connectivity index (χ3n) is 3.90. The molecule has 0 bridgehead atoms. The van der Waals surface area contributed by atoms with Crippen molar-refractivity contribution in [1.82, 2.24) is 24.7 Å². The number of anilines is 1. The highest BCUT2D eigenvalue weighted by Gasteiger charge is 2.29. The number of rotatable bonds is 6. The summed E-state index contributed by atoms with van der Waals surface area (Å²) in [6.07, 6.45) is 0.152. The van der Waals surface area contributed by atoms with Crippen LogP contribution in [0.3, 0.4) is 0 Å². The number of carbonyl (C=O) groups excluding carboxylic acids is 1. The molecule has 3 rings (SSSR count). The summed E-state index contributed by atoms with van der Waals surface area (Å²) in [5.41, 5.74) is 1.37. The zero-order chi connectivity index (χ0) is 21.2. The molecule has 1 amide bonds. The first-order chi connectivity index (χ1) is 13.6. The largest absolute Gasteiger partial charge is 0.467 e. The van der Waals surface area contributed by atoms with E-state index < -0.39 is 12.8 Å². The lowest BCUT2D eigenvalue weighted by molar-refractivity contribution is -0.154. The summed E-state index contributed by atoms with van der Waals surface area (Å²) >= 11 is 0. The van der Waals surface area contributed by atoms with E-state index in [4.69, 9.17) is 0 Å². The van der Waals surface area contributed by atoms with Crippen molar-refractivity contribution in [3.63, 3.8) is 0 Å². The average Bonchev–Trinajstić information content (AvgIpc) is 3.03. The first kappa shape index (κ1) is 20.5. The van der Waals surface area contributed by atoms with E-state index >= 15 is 0 Å². The molecule has 8 nitrogen and oxygen atoms in total. The molecule has 29 heavy (non-hydrogen) atoms. The number of pyridine rings is 1. The Labute approximate surface area is 164 Å². The minimum absolute atomic E-state index is 0.159. The molecule has 154 valence electrons. The van der Waals surface area contributed by atoms with Gasteiger partial charge in [0.1, 0.15) is 5.82 Å². The fourth-order valence-corrected chi connectivity index (χ4v) is 2.49. The maximum Gasteiger partial charge on any atom is 0.422 e.